The molecule has 3 fully saturated rings. The highest BCUT2D eigenvalue weighted by molar-refractivity contribution is 6.76. The largest absolute Gasteiger partial charge is 0.444 e. The summed E-state index contributed by atoms with van der Waals surface area (Å²) in [4.78, 5) is 12.7. The lowest BCUT2D eigenvalue weighted by Gasteiger charge is -2.33. The molecule has 0 N–H and O–H groups in total. The number of ether oxygens (including phenoxy) is 4. The van der Waals surface area contributed by atoms with E-state index in [-0.39, 0.29) is 23.1 Å². The van der Waals surface area contributed by atoms with Gasteiger partial charge < -0.3 is 23.5 Å². The number of halogens is 1. The fourth-order valence-electron chi connectivity index (χ4n) is 8.09. The summed E-state index contributed by atoms with van der Waals surface area (Å²) in [6.45, 7) is 14.0. The average molecular weight is 777 g/mol. The highest BCUT2D eigenvalue weighted by atomic mass is 28.3. The molecular weight excluding hydrogens is 728 g/mol. The Balaban J connectivity index is 0.919. The second kappa shape index (κ2) is 14.7. The molecule has 2 aromatic carbocycles. The molecule has 0 radical (unpaired) electrons. The van der Waals surface area contributed by atoms with Crippen LogP contribution in [0.15, 0.2) is 48.7 Å². The molecule has 14 heteroatoms. The van der Waals surface area contributed by atoms with E-state index in [0.717, 1.165) is 104 Å². The molecule has 2 saturated heterocycles. The first-order valence-corrected chi connectivity index (χ1v) is 23.7. The molecule has 4 aliphatic rings. The van der Waals surface area contributed by atoms with Gasteiger partial charge in [0.2, 0.25) is 0 Å². The van der Waals surface area contributed by atoms with Crippen LogP contribution in [-0.2, 0) is 35.1 Å². The zero-order valence-electron chi connectivity index (χ0n) is 32.6. The van der Waals surface area contributed by atoms with Crippen LogP contribution in [0.3, 0.4) is 0 Å². The molecule has 3 aromatic heterocycles. The molecule has 2 atom stereocenters. The van der Waals surface area contributed by atoms with E-state index in [4.69, 9.17) is 28.9 Å². The van der Waals surface area contributed by atoms with Gasteiger partial charge in [0.1, 0.15) is 29.7 Å². The Morgan fingerprint density at radius 2 is 1.82 bits per heavy atom. The number of nitrogens with zero attached hydrogens (tertiary/aromatic N) is 8. The zero-order chi connectivity index (χ0) is 38.6. The third-order valence-corrected chi connectivity index (χ3v) is 13.3. The van der Waals surface area contributed by atoms with E-state index >= 15 is 4.39 Å². The Hall–Kier alpha value is -4.68. The Kier molecular flexibility index (Phi) is 9.68. The lowest BCUT2D eigenvalue weighted by atomic mass is 9.88. The number of aromatic nitrogens is 6. The molecule has 1 saturated carbocycles. The van der Waals surface area contributed by atoms with Crippen LogP contribution < -0.4 is 9.47 Å². The van der Waals surface area contributed by atoms with E-state index in [1.54, 1.807) is 19.1 Å². The smallest absolute Gasteiger partial charge is 0.278 e. The number of hydrogen-bond donors (Lipinski definition) is 0. The van der Waals surface area contributed by atoms with Gasteiger partial charge in [-0.1, -0.05) is 31.8 Å². The first kappa shape index (κ1) is 36.9. The Morgan fingerprint density at radius 3 is 2.54 bits per heavy atom. The van der Waals surface area contributed by atoms with E-state index in [9.17, 15) is 5.26 Å². The van der Waals surface area contributed by atoms with Crippen LogP contribution in [0.2, 0.25) is 25.7 Å². The van der Waals surface area contributed by atoms with Crippen molar-refractivity contribution < 1.29 is 23.3 Å². The third-order valence-electron chi connectivity index (χ3n) is 11.6. The number of para-hydroxylation sites is 1. The number of likely N-dealkylation sites (tertiary alicyclic amines) is 1. The predicted octanol–water partition coefficient (Wildman–Crippen LogP) is 7.70. The van der Waals surface area contributed by atoms with Crippen LogP contribution in [0.5, 0.6) is 11.5 Å². The van der Waals surface area contributed by atoms with Crippen molar-refractivity contribution in [2.75, 3.05) is 26.3 Å². The summed E-state index contributed by atoms with van der Waals surface area (Å²) in [5.41, 5.74) is 4.17. The normalized spacial score (nSPS) is 21.4. The van der Waals surface area contributed by atoms with E-state index in [1.807, 2.05) is 24.4 Å². The minimum Gasteiger partial charge on any atom is -0.444 e. The molecular formula is C42H49FN8O4Si. The number of nitriles is 1. The number of rotatable bonds is 13. The van der Waals surface area contributed by atoms with Crippen molar-refractivity contribution in [3.63, 3.8) is 0 Å². The summed E-state index contributed by atoms with van der Waals surface area (Å²) in [6, 6.07) is 15.5. The minimum absolute atomic E-state index is 0.154. The number of pyridine rings is 1. The van der Waals surface area contributed by atoms with Crippen LogP contribution in [0.1, 0.15) is 79.2 Å². The summed E-state index contributed by atoms with van der Waals surface area (Å²) in [5.74, 6) is 2.86. The monoisotopic (exact) mass is 776 g/mol. The summed E-state index contributed by atoms with van der Waals surface area (Å²) >= 11 is 0. The Morgan fingerprint density at radius 1 is 1.00 bits per heavy atom. The van der Waals surface area contributed by atoms with Gasteiger partial charge in [-0.2, -0.15) is 5.26 Å². The van der Waals surface area contributed by atoms with Gasteiger partial charge in [0.25, 0.3) is 5.79 Å². The van der Waals surface area contributed by atoms with Crippen molar-refractivity contribution >= 4 is 19.2 Å². The van der Waals surface area contributed by atoms with E-state index in [0.29, 0.717) is 37.2 Å². The van der Waals surface area contributed by atoms with E-state index in [1.165, 1.54) is 6.07 Å². The third kappa shape index (κ3) is 7.33. The molecule has 1 aliphatic carbocycles. The molecule has 292 valence electrons. The summed E-state index contributed by atoms with van der Waals surface area (Å²) < 4.78 is 44.3. The predicted molar refractivity (Wildman–Crippen MR) is 210 cm³/mol. The number of hydrogen-bond acceptors (Lipinski definition) is 10. The second-order valence-electron chi connectivity index (χ2n) is 17.1. The highest BCUT2D eigenvalue weighted by Crippen LogP contribution is 2.50. The molecule has 9 rings (SSSR count). The van der Waals surface area contributed by atoms with Crippen molar-refractivity contribution in [1.82, 2.24) is 34.2 Å². The molecule has 0 bridgehead atoms. The first-order valence-electron chi connectivity index (χ1n) is 20.0. The zero-order valence-corrected chi connectivity index (χ0v) is 33.6. The fraction of sp³-hybridized carbons (Fsp3) is 0.500. The van der Waals surface area contributed by atoms with Gasteiger partial charge in [-0.15, -0.1) is 10.2 Å². The SMILES string of the molecule is CC1(c2ccc(C#N)cc2F)Oc2cccc(C3CCN(Cc4nc5cc(-c6nnc(C7CC7)n6COCC[Si](C)(C)C)cnc5n4CC4CCO4)CC3)c2O1. The summed E-state index contributed by atoms with van der Waals surface area (Å²) in [6.07, 6.45) is 7.20. The first-order chi connectivity index (χ1) is 27.0. The van der Waals surface area contributed by atoms with Crippen LogP contribution in [-0.4, -0.2) is 74.7 Å². The van der Waals surface area contributed by atoms with Gasteiger partial charge in [0.15, 0.2) is 23.0 Å². The van der Waals surface area contributed by atoms with Gasteiger partial charge in [0.05, 0.1) is 36.4 Å². The molecule has 3 aliphatic heterocycles. The molecule has 0 spiro atoms. The van der Waals surface area contributed by atoms with Crippen molar-refractivity contribution in [1.29, 1.82) is 5.26 Å². The number of imidazole rings is 1. The van der Waals surface area contributed by atoms with Crippen molar-refractivity contribution in [3.05, 3.63) is 82.8 Å². The maximum Gasteiger partial charge on any atom is 0.278 e. The minimum atomic E-state index is -1.33. The molecule has 56 heavy (non-hydrogen) atoms. The van der Waals surface area contributed by atoms with Crippen LogP contribution in [0, 0.1) is 17.1 Å². The fourth-order valence-corrected chi connectivity index (χ4v) is 8.85. The Labute approximate surface area is 327 Å². The number of piperidine rings is 1. The van der Waals surface area contributed by atoms with Gasteiger partial charge in [0, 0.05) is 51.5 Å². The van der Waals surface area contributed by atoms with Crippen LogP contribution in [0.25, 0.3) is 22.6 Å². The number of benzene rings is 2. The van der Waals surface area contributed by atoms with Crippen LogP contribution >= 0.6 is 0 Å². The van der Waals surface area contributed by atoms with Gasteiger partial charge in [-0.3, -0.25) is 9.47 Å². The number of fused-ring (bicyclic) bond motifs is 2. The lowest BCUT2D eigenvalue weighted by molar-refractivity contribution is -0.0712. The Bertz CT molecular complexity index is 2300. The maximum absolute atomic E-state index is 15.1. The molecule has 0 amide bonds. The summed E-state index contributed by atoms with van der Waals surface area (Å²) in [5, 5.41) is 18.5. The van der Waals surface area contributed by atoms with E-state index < -0.39 is 19.7 Å². The molecule has 12 nitrogen and oxygen atoms in total. The maximum atomic E-state index is 15.1. The van der Waals surface area contributed by atoms with Gasteiger partial charge in [-0.05, 0) is 87.5 Å². The topological polar surface area (TPSA) is 125 Å². The highest BCUT2D eigenvalue weighted by Gasteiger charge is 2.43. The van der Waals surface area contributed by atoms with Crippen molar-refractivity contribution in [3.8, 4) is 29.0 Å². The van der Waals surface area contributed by atoms with Crippen molar-refractivity contribution in [2.45, 2.75) is 108 Å². The van der Waals surface area contributed by atoms with Crippen molar-refractivity contribution in [2.24, 2.45) is 0 Å². The summed E-state index contributed by atoms with van der Waals surface area (Å²) in [7, 11) is -1.21. The average Bonchev–Trinajstić information content (AvgIpc) is 3.68. The molecule has 6 heterocycles. The molecule has 5 aromatic rings. The quantitative estimate of drug-likeness (QED) is 0.0868. The molecule has 2 unspecified atom stereocenters. The van der Waals surface area contributed by atoms with Gasteiger partial charge >= 0.3 is 0 Å². The van der Waals surface area contributed by atoms with Gasteiger partial charge in [-0.25, -0.2) is 14.4 Å². The standard InChI is InChI=1S/C42H49FN8O4Si/c1-42(33-11-8-27(22-44)20-34(33)43)54-36-7-5-6-32(38(36)55-42)28-12-15-49(16-13-28)25-37-46-35-21-30(23-45-41(35)50(37)24-31-14-17-53-31)40-48-47-39(29-9-10-29)51(40)26-52-18-19-56(2,3)4/h5-8,11,20-21,23,28-29,31H,9-10,12-19,24-26H2,1-4H3. The van der Waals surface area contributed by atoms with E-state index in [2.05, 4.69) is 56.0 Å². The second-order valence-corrected chi connectivity index (χ2v) is 22.7. The lowest BCUT2D eigenvalue weighted by Crippen LogP contribution is -2.35. The van der Waals surface area contributed by atoms with Crippen LogP contribution in [0.4, 0.5) is 4.39 Å².